The topological polar surface area (TPSA) is 359 Å². The van der Waals surface area contributed by atoms with E-state index >= 15 is 9.59 Å². The van der Waals surface area contributed by atoms with Crippen molar-refractivity contribution in [2.45, 2.75) is 154 Å². The maximum Gasteiger partial charge on any atom is 0.408 e. The molecule has 10 N–H and O–H groups in total. The number of hydrogen-bond acceptors (Lipinski definition) is 20. The van der Waals surface area contributed by atoms with Gasteiger partial charge in [-0.3, -0.25) is 24.7 Å². The van der Waals surface area contributed by atoms with Gasteiger partial charge in [0.05, 0.1) is 47.5 Å². The first-order chi connectivity index (χ1) is 42.8. The fourth-order valence-electron chi connectivity index (χ4n) is 13.7. The summed E-state index contributed by atoms with van der Waals surface area (Å²) in [6.45, 7) is 15.9. The number of benzene rings is 4. The molecule has 4 amide bonds. The molecule has 0 aromatic heterocycles. The van der Waals surface area contributed by atoms with Crippen molar-refractivity contribution in [3.05, 3.63) is 136 Å². The van der Waals surface area contributed by atoms with Crippen molar-refractivity contribution in [1.29, 1.82) is 5.41 Å². The van der Waals surface area contributed by atoms with E-state index in [0.29, 0.717) is 25.2 Å². The van der Waals surface area contributed by atoms with Gasteiger partial charge in [0, 0.05) is 68.9 Å². The third kappa shape index (κ3) is 13.3. The molecule has 12 atom stereocenters. The molecular weight excluding hydrogens is 1180 g/mol. The Morgan fingerprint density at radius 1 is 0.879 bits per heavy atom. The first-order valence-corrected chi connectivity index (χ1v) is 30.5. The van der Waals surface area contributed by atoms with Crippen molar-refractivity contribution in [2.24, 2.45) is 28.4 Å². The standard InChI is InChI=1S/C67H82N6O18/c1-35(2)41-28-42(45(75)29-44(41)74)58(68)73(62(69)84)40-22-20-37(21-23-40)33-71-24-26-72(27-25-71)59(81)46(76)30-50(78)89-55(53(38-16-12-10-13-17-38)70-63(85)91-64(4,5)6)61(83)88-48-32-67(86)57(90-60(82)39-18-14-11-15-19-39)52-43-34-87-47(43)31-49(77)66(52,9)56(80)54(79)51(36(48)3)65(67,7)8/h10-23,28-29,35,43,46-49,52-55,57,68,74-77,79,86H,24-27,30-34H2,1-9H3,(H2,69,84)(H,70,85)/t43?,46-,47-,48+,49+,52?,53+,54-,55-,57+,66-,67?/m1/s1. The Labute approximate surface area is 527 Å². The van der Waals surface area contributed by atoms with Gasteiger partial charge in [0.25, 0.3) is 5.91 Å². The number of nitrogens with zero attached hydrogens (tertiary/aromatic N) is 3. The summed E-state index contributed by atoms with van der Waals surface area (Å²) in [5.74, 6) is -7.98. The zero-order valence-corrected chi connectivity index (χ0v) is 52.5. The average molecular weight is 1260 g/mol. The number of urea groups is 1. The number of piperazine rings is 1. The number of hydrogen-bond donors (Lipinski definition) is 9. The lowest BCUT2D eigenvalue weighted by Crippen LogP contribution is -2.75. The Morgan fingerprint density at radius 3 is 2.09 bits per heavy atom. The summed E-state index contributed by atoms with van der Waals surface area (Å²) in [6.07, 6.45) is -13.9. The van der Waals surface area contributed by atoms with E-state index in [1.54, 1.807) is 95.3 Å². The molecule has 2 saturated carbocycles. The highest BCUT2D eigenvalue weighted by atomic mass is 16.6. The first-order valence-electron chi connectivity index (χ1n) is 30.5. The average Bonchev–Trinajstić information content (AvgIpc) is 0.687. The van der Waals surface area contributed by atoms with Crippen molar-refractivity contribution >= 4 is 53.2 Å². The van der Waals surface area contributed by atoms with E-state index in [-0.39, 0.29) is 71.3 Å². The number of phenols is 2. The third-order valence-electron chi connectivity index (χ3n) is 18.8. The van der Waals surface area contributed by atoms with Crippen LogP contribution in [0.5, 0.6) is 11.5 Å². The van der Waals surface area contributed by atoms with E-state index in [9.17, 15) is 54.6 Å². The van der Waals surface area contributed by atoms with E-state index in [0.717, 1.165) is 16.5 Å². The molecule has 9 rings (SSSR count). The first kappa shape index (κ1) is 67.1. The number of amides is 4. The van der Waals surface area contributed by atoms with Crippen LogP contribution in [0.15, 0.2) is 108 Å². The number of nitrogens with one attached hydrogen (secondary N) is 2. The van der Waals surface area contributed by atoms with Gasteiger partial charge >= 0.3 is 30.0 Å². The number of amidine groups is 1. The van der Waals surface area contributed by atoms with Gasteiger partial charge in [-0.05, 0) is 98.7 Å². The van der Waals surface area contributed by atoms with Crippen molar-refractivity contribution < 1.29 is 87.9 Å². The van der Waals surface area contributed by atoms with Gasteiger partial charge in [-0.25, -0.2) is 24.1 Å². The van der Waals surface area contributed by atoms with Crippen LogP contribution in [0.2, 0.25) is 0 Å². The molecule has 4 fully saturated rings. The van der Waals surface area contributed by atoms with Crippen LogP contribution in [0.3, 0.4) is 0 Å². The predicted molar refractivity (Wildman–Crippen MR) is 328 cm³/mol. The van der Waals surface area contributed by atoms with Crippen LogP contribution in [-0.2, 0) is 49.4 Å². The maximum absolute atomic E-state index is 15.3. The van der Waals surface area contributed by atoms with E-state index < -0.39 is 149 Å². The number of anilines is 1. The zero-order valence-electron chi connectivity index (χ0n) is 52.5. The van der Waals surface area contributed by atoms with E-state index in [4.69, 9.17) is 34.8 Å². The van der Waals surface area contributed by atoms with Crippen LogP contribution in [0.25, 0.3) is 0 Å². The second-order valence-corrected chi connectivity index (χ2v) is 26.4. The molecule has 2 saturated heterocycles. The van der Waals surface area contributed by atoms with Crippen molar-refractivity contribution in [3.63, 3.8) is 0 Å². The number of primary amides is 1. The summed E-state index contributed by atoms with van der Waals surface area (Å²) < 4.78 is 30.2. The highest BCUT2D eigenvalue weighted by molar-refractivity contribution is 6.22. The number of alkyl carbamates (subject to hydrolysis) is 1. The van der Waals surface area contributed by atoms with Gasteiger partial charge in [0.15, 0.2) is 5.78 Å². The number of fused-ring (bicyclic) bond motifs is 5. The summed E-state index contributed by atoms with van der Waals surface area (Å²) in [5, 5.41) is 82.0. The van der Waals surface area contributed by atoms with Crippen molar-refractivity contribution in [3.8, 4) is 11.5 Å². The molecule has 91 heavy (non-hydrogen) atoms. The molecule has 488 valence electrons. The number of rotatable bonds is 16. The van der Waals surface area contributed by atoms with Gasteiger partial charge in [-0.15, -0.1) is 0 Å². The van der Waals surface area contributed by atoms with Gasteiger partial charge < -0.3 is 70.3 Å². The molecule has 4 aromatic carbocycles. The van der Waals surface area contributed by atoms with Crippen LogP contribution < -0.4 is 16.0 Å². The Balaban J connectivity index is 0.945. The number of carbonyl (C=O) groups excluding carboxylic acids is 7. The number of ketones is 1. The van der Waals surface area contributed by atoms with Crippen LogP contribution in [0.4, 0.5) is 15.3 Å². The summed E-state index contributed by atoms with van der Waals surface area (Å²) in [7, 11) is 0. The number of aliphatic hydroxyl groups is 4. The molecule has 2 heterocycles. The number of aliphatic hydroxyl groups excluding tert-OH is 3. The predicted octanol–water partition coefficient (Wildman–Crippen LogP) is 5.67. The minimum Gasteiger partial charge on any atom is -0.508 e. The second-order valence-electron chi connectivity index (χ2n) is 26.4. The monoisotopic (exact) mass is 1260 g/mol. The number of carbonyl (C=O) groups is 7. The molecule has 4 aromatic rings. The van der Waals surface area contributed by atoms with Gasteiger partial charge in [0.1, 0.15) is 59.0 Å². The molecule has 3 aliphatic carbocycles. The van der Waals surface area contributed by atoms with Crippen LogP contribution >= 0.6 is 0 Å². The largest absolute Gasteiger partial charge is 0.508 e. The molecule has 0 spiro atoms. The number of nitrogens with two attached hydrogens (primary N) is 1. The Bertz CT molecular complexity index is 3470. The Hall–Kier alpha value is -8.26. The third-order valence-corrected chi connectivity index (χ3v) is 18.8. The number of aromatic hydroxyl groups is 2. The fraction of sp³-hybridized carbons (Fsp3) is 0.493. The SMILES string of the molecule is CC1=C2[C@@H](O)C(=O)[C@@]3(C)C(C4CO[C@@H]4C[C@@H]3O)[C@H](OC(=O)c3ccccc3)C(O)(C[C@@H]1OC(=O)[C@H](OC(=O)C[C@@H](O)C(=O)N1CCN(Cc3ccc(N(C(=N)c4cc(C(C)C)c(O)cc4O)C(N)=O)cc3)CC1)[C@@H](NC(=O)OC(C)(C)C)c1ccccc1)C2(C)C. The zero-order chi connectivity index (χ0) is 66.4. The van der Waals surface area contributed by atoms with Crippen LogP contribution in [0.1, 0.15) is 126 Å². The number of ether oxygens (including phenoxy) is 5. The van der Waals surface area contributed by atoms with Crippen LogP contribution in [-0.4, -0.2) is 175 Å². The molecule has 5 aliphatic rings. The van der Waals surface area contributed by atoms with Crippen LogP contribution in [0, 0.1) is 28.1 Å². The molecule has 24 heteroatoms. The normalized spacial score (nSPS) is 26.4. The van der Waals surface area contributed by atoms with Crippen molar-refractivity contribution in [2.75, 3.05) is 37.7 Å². The summed E-state index contributed by atoms with van der Waals surface area (Å²) in [6, 6.07) is 22.5. The number of phenolic OH excluding ortho intramolecular Hbond substituents is 2. The molecule has 2 aliphatic heterocycles. The maximum atomic E-state index is 15.3. The van der Waals surface area contributed by atoms with E-state index in [1.807, 2.05) is 18.7 Å². The molecular formula is C67H82N6O18. The lowest BCUT2D eigenvalue weighted by molar-refractivity contribution is -0.277. The minimum atomic E-state index is -2.31. The summed E-state index contributed by atoms with van der Waals surface area (Å²) in [4.78, 5) is 104. The lowest BCUT2D eigenvalue weighted by Gasteiger charge is -2.64. The number of esters is 3. The summed E-state index contributed by atoms with van der Waals surface area (Å²) in [5.41, 5.74) is 0.728. The molecule has 2 bridgehead atoms. The quantitative estimate of drug-likeness (QED) is 0.0215. The Morgan fingerprint density at radius 2 is 1.51 bits per heavy atom. The highest BCUT2D eigenvalue weighted by Crippen LogP contribution is 2.62. The smallest absolute Gasteiger partial charge is 0.408 e. The minimum absolute atomic E-state index is 0.0154. The Kier molecular flexibility index (Phi) is 19.3. The molecule has 0 radical (unpaired) electrons. The van der Waals surface area contributed by atoms with Gasteiger partial charge in [-0.1, -0.05) is 88.4 Å². The van der Waals surface area contributed by atoms with Gasteiger partial charge in [-0.2, -0.15) is 0 Å². The number of Topliss-reactive ketones (excluding diaryl/α,β-unsaturated/α-hetero) is 1. The van der Waals surface area contributed by atoms with Gasteiger partial charge in [0.2, 0.25) is 6.10 Å². The fourth-order valence-corrected chi connectivity index (χ4v) is 13.7. The highest BCUT2D eigenvalue weighted by Gasteiger charge is 2.72. The lowest BCUT2D eigenvalue weighted by atomic mass is 9.46. The summed E-state index contributed by atoms with van der Waals surface area (Å²) >= 11 is 0. The van der Waals surface area contributed by atoms with Crippen molar-refractivity contribution in [1.82, 2.24) is 15.1 Å². The molecule has 24 nitrogen and oxygen atoms in total. The van der Waals surface area contributed by atoms with E-state index in [2.05, 4.69) is 5.32 Å². The second kappa shape index (κ2) is 26.2. The molecule has 3 unspecified atom stereocenters. The van der Waals surface area contributed by atoms with E-state index in [1.165, 1.54) is 49.1 Å².